The molecule has 3 fully saturated rings. The Hall–Kier alpha value is -1.44. The number of hydrogen-bond donors (Lipinski definition) is 1. The lowest BCUT2D eigenvalue weighted by Gasteiger charge is -2.42. The van der Waals surface area contributed by atoms with Crippen LogP contribution < -0.4 is 4.72 Å². The summed E-state index contributed by atoms with van der Waals surface area (Å²) in [5.74, 6) is 0.583. The molecule has 0 radical (unpaired) electrons. The molecule has 1 aromatic rings. The van der Waals surface area contributed by atoms with Crippen LogP contribution in [0.15, 0.2) is 30.3 Å². The Bertz CT molecular complexity index is 817. The fraction of sp³-hybridized carbons (Fsp3) is 0.696. The summed E-state index contributed by atoms with van der Waals surface area (Å²) in [6.45, 7) is 2.64. The van der Waals surface area contributed by atoms with Crippen molar-refractivity contribution in [3.63, 3.8) is 0 Å². The first-order valence-corrected chi connectivity index (χ1v) is 12.9. The van der Waals surface area contributed by atoms with Gasteiger partial charge in [0.2, 0.25) is 15.9 Å². The third kappa shape index (κ3) is 5.24. The third-order valence-electron chi connectivity index (χ3n) is 6.91. The van der Waals surface area contributed by atoms with E-state index < -0.39 is 10.0 Å². The van der Waals surface area contributed by atoms with Crippen LogP contribution in [0.2, 0.25) is 0 Å². The normalized spacial score (nSPS) is 30.2. The molecule has 3 aliphatic rings. The van der Waals surface area contributed by atoms with E-state index in [1.165, 1.54) is 5.56 Å². The van der Waals surface area contributed by atoms with Crippen molar-refractivity contribution >= 4 is 15.9 Å². The highest BCUT2D eigenvalue weighted by Gasteiger charge is 2.41. The van der Waals surface area contributed by atoms with Crippen molar-refractivity contribution in [3.05, 3.63) is 35.9 Å². The summed E-state index contributed by atoms with van der Waals surface area (Å²) in [5, 5.41) is -0.250. The van der Waals surface area contributed by atoms with Crippen LogP contribution in [-0.2, 0) is 19.6 Å². The molecular formula is C23H34N2O4S. The van der Waals surface area contributed by atoms with Crippen LogP contribution in [0, 0.1) is 0 Å². The van der Waals surface area contributed by atoms with Crippen LogP contribution in [0.3, 0.4) is 0 Å². The number of sulfonamides is 1. The number of carbonyl (C=O) groups excluding carboxylic acids is 1. The molecule has 166 valence electrons. The predicted octanol–water partition coefficient (Wildman–Crippen LogP) is 3.19. The lowest BCUT2D eigenvalue weighted by atomic mass is 9.83. The maximum Gasteiger partial charge on any atom is 0.219 e. The Morgan fingerprint density at radius 1 is 1.07 bits per heavy atom. The van der Waals surface area contributed by atoms with Gasteiger partial charge in [-0.3, -0.25) is 4.79 Å². The number of benzene rings is 1. The fourth-order valence-corrected chi connectivity index (χ4v) is 6.65. The van der Waals surface area contributed by atoms with E-state index in [1.807, 2.05) is 0 Å². The van der Waals surface area contributed by atoms with E-state index in [0.29, 0.717) is 19.1 Å². The molecule has 4 rings (SSSR count). The van der Waals surface area contributed by atoms with Gasteiger partial charge in [0, 0.05) is 19.5 Å². The predicted molar refractivity (Wildman–Crippen MR) is 117 cm³/mol. The van der Waals surface area contributed by atoms with Crippen molar-refractivity contribution in [1.29, 1.82) is 0 Å². The zero-order chi connectivity index (χ0) is 21.1. The number of ether oxygens (including phenoxy) is 1. The second kappa shape index (κ2) is 9.37. The molecule has 0 unspecified atom stereocenters. The molecule has 0 spiro atoms. The molecule has 1 amide bonds. The van der Waals surface area contributed by atoms with E-state index in [1.54, 1.807) is 11.8 Å². The number of nitrogens with one attached hydrogen (secondary N) is 1. The number of nitrogens with zero attached hydrogens (tertiary/aromatic N) is 1. The minimum Gasteiger partial charge on any atom is -0.376 e. The summed E-state index contributed by atoms with van der Waals surface area (Å²) in [4.78, 5) is 14.0. The minimum absolute atomic E-state index is 0.00768. The molecule has 1 aliphatic heterocycles. The van der Waals surface area contributed by atoms with Gasteiger partial charge in [-0.25, -0.2) is 13.1 Å². The quantitative estimate of drug-likeness (QED) is 0.715. The average molecular weight is 435 g/mol. The topological polar surface area (TPSA) is 75.7 Å². The van der Waals surface area contributed by atoms with Crippen LogP contribution in [0.5, 0.6) is 0 Å². The van der Waals surface area contributed by atoms with Gasteiger partial charge in [0.25, 0.3) is 0 Å². The van der Waals surface area contributed by atoms with Crippen molar-refractivity contribution in [3.8, 4) is 0 Å². The van der Waals surface area contributed by atoms with Gasteiger partial charge in [0.05, 0.1) is 24.0 Å². The number of carbonyl (C=O) groups is 1. The summed E-state index contributed by atoms with van der Waals surface area (Å²) >= 11 is 0. The molecule has 2 saturated carbocycles. The van der Waals surface area contributed by atoms with Gasteiger partial charge in [0.1, 0.15) is 0 Å². The lowest BCUT2D eigenvalue weighted by molar-refractivity contribution is -0.136. The van der Waals surface area contributed by atoms with E-state index in [2.05, 4.69) is 35.1 Å². The lowest BCUT2D eigenvalue weighted by Crippen LogP contribution is -2.59. The average Bonchev–Trinajstić information content (AvgIpc) is 3.59. The molecule has 30 heavy (non-hydrogen) atoms. The molecule has 6 nitrogen and oxygen atoms in total. The van der Waals surface area contributed by atoms with Gasteiger partial charge in [-0.15, -0.1) is 0 Å². The van der Waals surface area contributed by atoms with Crippen molar-refractivity contribution < 1.29 is 17.9 Å². The Labute approximate surface area is 180 Å². The fourth-order valence-electron chi connectivity index (χ4n) is 5.00. The molecule has 7 heteroatoms. The van der Waals surface area contributed by atoms with Gasteiger partial charge < -0.3 is 9.64 Å². The second-order valence-electron chi connectivity index (χ2n) is 9.11. The molecule has 1 saturated heterocycles. The molecule has 2 aliphatic carbocycles. The van der Waals surface area contributed by atoms with E-state index in [0.717, 1.165) is 51.4 Å². The highest BCUT2D eigenvalue weighted by Crippen LogP contribution is 2.34. The van der Waals surface area contributed by atoms with E-state index in [4.69, 9.17) is 4.74 Å². The monoisotopic (exact) mass is 434 g/mol. The van der Waals surface area contributed by atoms with Crippen molar-refractivity contribution in [2.45, 2.75) is 87.6 Å². The van der Waals surface area contributed by atoms with E-state index >= 15 is 0 Å². The number of piperidine rings is 1. The molecule has 0 bridgehead atoms. The van der Waals surface area contributed by atoms with Crippen LogP contribution >= 0.6 is 0 Å². The number of rotatable bonds is 7. The number of hydrogen-bond acceptors (Lipinski definition) is 4. The first-order valence-electron chi connectivity index (χ1n) is 11.4. The first kappa shape index (κ1) is 21.8. The van der Waals surface area contributed by atoms with Gasteiger partial charge in [-0.2, -0.15) is 0 Å². The second-order valence-corrected chi connectivity index (χ2v) is 11.1. The molecule has 1 N–H and O–H groups in total. The first-order chi connectivity index (χ1) is 14.4. The Morgan fingerprint density at radius 3 is 2.40 bits per heavy atom. The van der Waals surface area contributed by atoms with Gasteiger partial charge in [-0.1, -0.05) is 30.3 Å². The summed E-state index contributed by atoms with van der Waals surface area (Å²) in [7, 11) is -3.29. The standard InChI is InChI=1S/C23H34N2O4S/c1-17(26)25-15-5-8-22(24-30(27,28)21-13-14-21)23(25)16-29-20-11-9-19(10-12-20)18-6-3-2-4-7-18/h2-4,6-7,19-24H,5,8-16H2,1H3/t19?,20?,22-,23-/m0/s1. The van der Waals surface area contributed by atoms with Gasteiger partial charge in [0.15, 0.2) is 0 Å². The molecule has 2 atom stereocenters. The van der Waals surface area contributed by atoms with Gasteiger partial charge >= 0.3 is 0 Å². The Kier molecular flexibility index (Phi) is 6.80. The smallest absolute Gasteiger partial charge is 0.219 e. The molecule has 0 aromatic heterocycles. The van der Waals surface area contributed by atoms with Crippen molar-refractivity contribution in [1.82, 2.24) is 9.62 Å². The van der Waals surface area contributed by atoms with Crippen molar-refractivity contribution in [2.24, 2.45) is 0 Å². The third-order valence-corrected chi connectivity index (χ3v) is 8.89. The highest BCUT2D eigenvalue weighted by atomic mass is 32.2. The Balaban J connectivity index is 1.34. The maximum atomic E-state index is 12.5. The highest BCUT2D eigenvalue weighted by molar-refractivity contribution is 7.90. The minimum atomic E-state index is -3.29. The Morgan fingerprint density at radius 2 is 1.77 bits per heavy atom. The molecule has 1 aromatic carbocycles. The molecule has 1 heterocycles. The summed E-state index contributed by atoms with van der Waals surface area (Å²) < 4.78 is 34.2. The largest absolute Gasteiger partial charge is 0.376 e. The van der Waals surface area contributed by atoms with E-state index in [-0.39, 0.29) is 29.3 Å². The van der Waals surface area contributed by atoms with E-state index in [9.17, 15) is 13.2 Å². The van der Waals surface area contributed by atoms with Crippen LogP contribution in [-0.4, -0.2) is 55.8 Å². The van der Waals surface area contributed by atoms with Crippen molar-refractivity contribution in [2.75, 3.05) is 13.2 Å². The van der Waals surface area contributed by atoms with Gasteiger partial charge in [-0.05, 0) is 62.8 Å². The zero-order valence-electron chi connectivity index (χ0n) is 17.8. The summed E-state index contributed by atoms with van der Waals surface area (Å²) in [6.07, 6.45) is 7.45. The maximum absolute atomic E-state index is 12.5. The molecular weight excluding hydrogens is 400 g/mol. The van der Waals surface area contributed by atoms with Crippen LogP contribution in [0.25, 0.3) is 0 Å². The summed E-state index contributed by atoms with van der Waals surface area (Å²) in [5.41, 5.74) is 1.40. The zero-order valence-corrected chi connectivity index (χ0v) is 18.6. The number of amides is 1. The SMILES string of the molecule is CC(=O)N1CCC[C@H](NS(=O)(=O)C2CC2)[C@@H]1COC1CCC(c2ccccc2)CC1. The van der Waals surface area contributed by atoms with Crippen LogP contribution in [0.1, 0.15) is 69.8 Å². The summed E-state index contributed by atoms with van der Waals surface area (Å²) in [6, 6.07) is 10.2. The number of likely N-dealkylation sites (tertiary alicyclic amines) is 1. The van der Waals surface area contributed by atoms with Crippen LogP contribution in [0.4, 0.5) is 0 Å².